The van der Waals surface area contributed by atoms with Crippen LogP contribution >= 0.6 is 0 Å². The Balaban J connectivity index is 1.44. The lowest BCUT2D eigenvalue weighted by Crippen LogP contribution is -2.49. The number of aromatic nitrogens is 5. The molecule has 1 N–H and O–H groups in total. The molecule has 5 heterocycles. The Morgan fingerprint density at radius 2 is 1.97 bits per heavy atom. The first-order chi connectivity index (χ1) is 17.4. The van der Waals surface area contributed by atoms with E-state index in [1.54, 1.807) is 11.6 Å². The molecule has 0 aliphatic carbocycles. The van der Waals surface area contributed by atoms with Gasteiger partial charge in [0.05, 0.1) is 23.8 Å². The van der Waals surface area contributed by atoms with Gasteiger partial charge in [-0.2, -0.15) is 5.10 Å². The number of carbonyl (C=O) groups excluding carboxylic acids is 1. The number of hydrogen-bond donors (Lipinski definition) is 1. The van der Waals surface area contributed by atoms with E-state index < -0.39 is 0 Å². The standard InChI is InChI=1S/C26H34N8O2/c1-17(2)23-24(18-14-20(36-5)26-27-16-28-34(26)15-18)29-19-6-7-21(30-25(19)23)32-10-12-33(13-11-32)22(35)8-9-31(3)4/h6-7,14-17,29H,8-13H2,1-5H3. The largest absolute Gasteiger partial charge is 0.493 e. The van der Waals surface area contributed by atoms with Crippen molar-refractivity contribution in [2.45, 2.75) is 26.2 Å². The maximum Gasteiger partial charge on any atom is 0.223 e. The topological polar surface area (TPSA) is 94.9 Å². The number of nitrogens with one attached hydrogen (secondary N) is 1. The van der Waals surface area contributed by atoms with E-state index in [9.17, 15) is 4.79 Å². The molecule has 0 unspecified atom stereocenters. The minimum Gasteiger partial charge on any atom is -0.493 e. The highest BCUT2D eigenvalue weighted by atomic mass is 16.5. The number of pyridine rings is 2. The van der Waals surface area contributed by atoms with E-state index in [1.165, 1.54) is 6.33 Å². The SMILES string of the molecule is COc1cc(-c2[nH]c3ccc(N4CCN(C(=O)CCN(C)C)CC4)nc3c2C(C)C)cn2ncnc12. The molecule has 190 valence electrons. The summed E-state index contributed by atoms with van der Waals surface area (Å²) in [4.78, 5) is 31.8. The van der Waals surface area contributed by atoms with Crippen molar-refractivity contribution >= 4 is 28.4 Å². The molecule has 1 fully saturated rings. The molecule has 1 aliphatic heterocycles. The van der Waals surface area contributed by atoms with Crippen molar-refractivity contribution < 1.29 is 9.53 Å². The lowest BCUT2D eigenvalue weighted by atomic mass is 9.99. The van der Waals surface area contributed by atoms with Crippen molar-refractivity contribution in [1.82, 2.24) is 34.4 Å². The Morgan fingerprint density at radius 3 is 2.67 bits per heavy atom. The van der Waals surface area contributed by atoms with Crippen LogP contribution in [0.1, 0.15) is 31.7 Å². The van der Waals surface area contributed by atoms with Crippen LogP contribution in [0, 0.1) is 0 Å². The van der Waals surface area contributed by atoms with E-state index in [-0.39, 0.29) is 11.8 Å². The molecule has 0 bridgehead atoms. The second-order valence-electron chi connectivity index (χ2n) is 9.88. The van der Waals surface area contributed by atoms with Gasteiger partial charge in [0.25, 0.3) is 0 Å². The zero-order valence-electron chi connectivity index (χ0n) is 21.7. The molecule has 1 aliphatic rings. The van der Waals surface area contributed by atoms with Crippen molar-refractivity contribution in [3.63, 3.8) is 0 Å². The number of amides is 1. The molecule has 10 heteroatoms. The number of piperazine rings is 1. The first-order valence-corrected chi connectivity index (χ1v) is 12.4. The zero-order valence-corrected chi connectivity index (χ0v) is 21.7. The molecular formula is C26H34N8O2. The average molecular weight is 491 g/mol. The van der Waals surface area contributed by atoms with Crippen LogP contribution in [-0.2, 0) is 4.79 Å². The van der Waals surface area contributed by atoms with E-state index >= 15 is 0 Å². The van der Waals surface area contributed by atoms with Gasteiger partial charge in [0.15, 0.2) is 11.4 Å². The summed E-state index contributed by atoms with van der Waals surface area (Å²) in [6, 6.07) is 6.17. The smallest absolute Gasteiger partial charge is 0.223 e. The second kappa shape index (κ2) is 9.77. The molecule has 0 spiro atoms. The molecule has 0 aromatic carbocycles. The molecule has 10 nitrogen and oxygen atoms in total. The fourth-order valence-electron chi connectivity index (χ4n) is 4.89. The highest BCUT2D eigenvalue weighted by Crippen LogP contribution is 2.37. The molecule has 4 aromatic rings. The zero-order chi connectivity index (χ0) is 25.4. The molecule has 36 heavy (non-hydrogen) atoms. The van der Waals surface area contributed by atoms with Crippen LogP contribution < -0.4 is 9.64 Å². The van der Waals surface area contributed by atoms with E-state index in [1.807, 2.05) is 36.2 Å². The van der Waals surface area contributed by atoms with Crippen molar-refractivity contribution in [3.05, 3.63) is 36.3 Å². The third-order valence-electron chi connectivity index (χ3n) is 6.82. The highest BCUT2D eigenvalue weighted by molar-refractivity contribution is 5.90. The number of nitrogens with zero attached hydrogens (tertiary/aromatic N) is 7. The molecule has 1 saturated heterocycles. The van der Waals surface area contributed by atoms with Gasteiger partial charge >= 0.3 is 0 Å². The molecule has 5 rings (SSSR count). The fourth-order valence-corrected chi connectivity index (χ4v) is 4.89. The molecule has 4 aromatic heterocycles. The normalized spacial score (nSPS) is 14.5. The van der Waals surface area contributed by atoms with Crippen LogP contribution in [0.15, 0.2) is 30.7 Å². The number of fused-ring (bicyclic) bond motifs is 2. The Labute approximate surface area is 210 Å². The molecular weight excluding hydrogens is 456 g/mol. The van der Waals surface area contributed by atoms with Gasteiger partial charge in [-0.15, -0.1) is 0 Å². The van der Waals surface area contributed by atoms with E-state index in [2.05, 4.69) is 45.9 Å². The third kappa shape index (κ3) is 4.48. The van der Waals surface area contributed by atoms with Crippen molar-refractivity contribution in [1.29, 1.82) is 0 Å². The number of carbonyl (C=O) groups is 1. The third-order valence-corrected chi connectivity index (χ3v) is 6.82. The highest BCUT2D eigenvalue weighted by Gasteiger charge is 2.24. The van der Waals surface area contributed by atoms with Crippen molar-refractivity contribution in [2.24, 2.45) is 0 Å². The molecule has 0 radical (unpaired) electrons. The number of rotatable bonds is 7. The fraction of sp³-hybridized carbons (Fsp3) is 0.462. The Kier molecular flexibility index (Phi) is 6.53. The predicted octanol–water partition coefficient (Wildman–Crippen LogP) is 3.00. The summed E-state index contributed by atoms with van der Waals surface area (Å²) in [5, 5.41) is 4.31. The second-order valence-corrected chi connectivity index (χ2v) is 9.88. The van der Waals surface area contributed by atoms with Crippen LogP contribution in [0.4, 0.5) is 5.82 Å². The van der Waals surface area contributed by atoms with Gasteiger partial charge in [-0.1, -0.05) is 13.8 Å². The van der Waals surface area contributed by atoms with E-state index in [0.29, 0.717) is 17.8 Å². The van der Waals surface area contributed by atoms with Crippen molar-refractivity contribution in [3.8, 4) is 17.0 Å². The van der Waals surface area contributed by atoms with Gasteiger partial charge in [0.2, 0.25) is 5.91 Å². The summed E-state index contributed by atoms with van der Waals surface area (Å²) in [7, 11) is 5.63. The van der Waals surface area contributed by atoms with E-state index in [0.717, 1.165) is 66.4 Å². The lowest BCUT2D eigenvalue weighted by Gasteiger charge is -2.35. The maximum atomic E-state index is 12.5. The predicted molar refractivity (Wildman–Crippen MR) is 141 cm³/mol. The summed E-state index contributed by atoms with van der Waals surface area (Å²) in [5.74, 6) is 2.09. The van der Waals surface area contributed by atoms with Gasteiger partial charge in [-0.05, 0) is 38.2 Å². The summed E-state index contributed by atoms with van der Waals surface area (Å²) >= 11 is 0. The number of hydrogen-bond acceptors (Lipinski definition) is 7. The molecule has 0 atom stereocenters. The monoisotopic (exact) mass is 490 g/mol. The Hall–Kier alpha value is -3.66. The summed E-state index contributed by atoms with van der Waals surface area (Å²) < 4.78 is 7.32. The van der Waals surface area contributed by atoms with Crippen LogP contribution in [-0.4, -0.2) is 94.2 Å². The van der Waals surface area contributed by atoms with Gasteiger partial charge in [-0.3, -0.25) is 4.79 Å². The maximum absolute atomic E-state index is 12.5. The van der Waals surface area contributed by atoms with E-state index in [4.69, 9.17) is 9.72 Å². The summed E-state index contributed by atoms with van der Waals surface area (Å²) in [6.45, 7) is 8.15. The van der Waals surface area contributed by atoms with Gasteiger partial charge in [0, 0.05) is 56.5 Å². The quantitative estimate of drug-likeness (QED) is 0.426. The van der Waals surface area contributed by atoms with Crippen LogP contribution in [0.5, 0.6) is 5.75 Å². The number of aromatic amines is 1. The van der Waals surface area contributed by atoms with Crippen LogP contribution in [0.2, 0.25) is 0 Å². The number of ether oxygens (including phenoxy) is 1. The first-order valence-electron chi connectivity index (χ1n) is 12.4. The van der Waals surface area contributed by atoms with Crippen LogP contribution in [0.25, 0.3) is 27.9 Å². The number of H-pyrrole nitrogens is 1. The average Bonchev–Trinajstić information content (AvgIpc) is 3.51. The van der Waals surface area contributed by atoms with Crippen LogP contribution in [0.3, 0.4) is 0 Å². The first kappa shape index (κ1) is 24.1. The minimum atomic E-state index is 0.226. The Bertz CT molecular complexity index is 1380. The number of methoxy groups -OCH3 is 1. The molecule has 0 saturated carbocycles. The van der Waals surface area contributed by atoms with Gasteiger partial charge in [0.1, 0.15) is 12.1 Å². The summed E-state index contributed by atoms with van der Waals surface area (Å²) in [6.07, 6.45) is 4.06. The molecule has 1 amide bonds. The number of anilines is 1. The van der Waals surface area contributed by atoms with Crippen molar-refractivity contribution in [2.75, 3.05) is 58.8 Å². The summed E-state index contributed by atoms with van der Waals surface area (Å²) in [5.41, 5.74) is 5.79. The Morgan fingerprint density at radius 1 is 1.19 bits per heavy atom. The van der Waals surface area contributed by atoms with Gasteiger partial charge < -0.3 is 24.4 Å². The minimum absolute atomic E-state index is 0.226. The van der Waals surface area contributed by atoms with Gasteiger partial charge in [-0.25, -0.2) is 14.5 Å². The lowest BCUT2D eigenvalue weighted by molar-refractivity contribution is -0.131.